The van der Waals surface area contributed by atoms with E-state index in [1.54, 1.807) is 0 Å². The summed E-state index contributed by atoms with van der Waals surface area (Å²) in [7, 11) is 0. The molecular formula is C59H38N2O. The van der Waals surface area contributed by atoms with Crippen molar-refractivity contribution in [3.8, 4) is 89.9 Å². The van der Waals surface area contributed by atoms with Crippen LogP contribution in [-0.4, -0.2) is 9.97 Å². The number of aromatic nitrogens is 2. The van der Waals surface area contributed by atoms with Crippen LogP contribution in [0.1, 0.15) is 22.3 Å². The van der Waals surface area contributed by atoms with Crippen molar-refractivity contribution in [2.24, 2.45) is 0 Å². The van der Waals surface area contributed by atoms with Crippen LogP contribution in [0.15, 0.2) is 231 Å². The molecule has 290 valence electrons. The van der Waals surface area contributed by atoms with Crippen LogP contribution in [0, 0.1) is 0 Å². The van der Waals surface area contributed by atoms with Crippen LogP contribution >= 0.6 is 0 Å². The molecule has 3 nitrogen and oxygen atoms in total. The minimum Gasteiger partial charge on any atom is -0.456 e. The molecule has 62 heavy (non-hydrogen) atoms. The number of nitrogens with zero attached hydrogens (tertiary/aromatic N) is 2. The SMILES string of the molecule is c1ccc(-c2cccc(-c3cc(-c4cccc(-c5cccc(-c6cccc7c6Oc6ccccc6C76c7ccccc7-c7ccccc76)c5)c4)nc(-c4ccccc4)n3)c2)cc1. The van der Waals surface area contributed by atoms with Crippen molar-refractivity contribution < 1.29 is 4.74 Å². The summed E-state index contributed by atoms with van der Waals surface area (Å²) in [6.07, 6.45) is 0. The van der Waals surface area contributed by atoms with Gasteiger partial charge in [0.25, 0.3) is 0 Å². The van der Waals surface area contributed by atoms with Gasteiger partial charge >= 0.3 is 0 Å². The molecule has 9 aromatic carbocycles. The van der Waals surface area contributed by atoms with Crippen molar-refractivity contribution in [2.45, 2.75) is 5.41 Å². The lowest BCUT2D eigenvalue weighted by molar-refractivity contribution is 0.438. The highest BCUT2D eigenvalue weighted by molar-refractivity contribution is 5.91. The molecule has 0 atom stereocenters. The summed E-state index contributed by atoms with van der Waals surface area (Å²) < 4.78 is 7.02. The smallest absolute Gasteiger partial charge is 0.160 e. The monoisotopic (exact) mass is 790 g/mol. The summed E-state index contributed by atoms with van der Waals surface area (Å²) in [4.78, 5) is 10.3. The zero-order valence-electron chi connectivity index (χ0n) is 33.7. The highest BCUT2D eigenvalue weighted by Gasteiger charge is 2.51. The molecule has 0 radical (unpaired) electrons. The van der Waals surface area contributed by atoms with E-state index in [0.29, 0.717) is 5.82 Å². The lowest BCUT2D eigenvalue weighted by Crippen LogP contribution is -2.32. The standard InChI is InChI=1S/C59H38N2O/c1-3-17-39(18-4-1)41-21-14-25-45(36-41)54-38-55(61-58(60-54)40-19-5-2-6-20-40)46-26-15-23-43(37-46)42-22-13-24-44(35-42)47-29-16-33-53-57(47)62-56-34-12-11-32-52(56)59(53)50-30-9-7-27-48(50)49-28-8-10-31-51(49)59/h1-38H. The van der Waals surface area contributed by atoms with Gasteiger partial charge in [0, 0.05) is 33.4 Å². The molecule has 0 unspecified atom stereocenters. The molecule has 0 saturated heterocycles. The average molecular weight is 791 g/mol. The lowest BCUT2D eigenvalue weighted by atomic mass is 9.65. The second-order valence-corrected chi connectivity index (χ2v) is 16.1. The fourth-order valence-corrected chi connectivity index (χ4v) is 9.78. The molecule has 0 saturated carbocycles. The predicted molar refractivity (Wildman–Crippen MR) is 252 cm³/mol. The van der Waals surface area contributed by atoms with Gasteiger partial charge in [-0.3, -0.25) is 0 Å². The fourth-order valence-electron chi connectivity index (χ4n) is 9.78. The van der Waals surface area contributed by atoms with Gasteiger partial charge in [-0.1, -0.05) is 200 Å². The maximum atomic E-state index is 7.02. The minimum absolute atomic E-state index is 0.517. The number of benzene rings is 9. The predicted octanol–water partition coefficient (Wildman–Crippen LogP) is 14.9. The molecule has 2 aliphatic rings. The van der Waals surface area contributed by atoms with Gasteiger partial charge in [0.2, 0.25) is 0 Å². The number of rotatable bonds is 6. The van der Waals surface area contributed by atoms with Crippen LogP contribution in [0.2, 0.25) is 0 Å². The van der Waals surface area contributed by atoms with Crippen LogP contribution < -0.4 is 4.74 Å². The molecule has 1 aliphatic heterocycles. The van der Waals surface area contributed by atoms with Crippen molar-refractivity contribution >= 4 is 0 Å². The van der Waals surface area contributed by atoms with Gasteiger partial charge in [-0.2, -0.15) is 0 Å². The highest BCUT2D eigenvalue weighted by Crippen LogP contribution is 2.63. The zero-order valence-corrected chi connectivity index (χ0v) is 33.7. The zero-order chi connectivity index (χ0) is 41.0. The largest absolute Gasteiger partial charge is 0.456 e. The van der Waals surface area contributed by atoms with E-state index in [1.807, 2.05) is 24.3 Å². The third-order valence-electron chi connectivity index (χ3n) is 12.6. The van der Waals surface area contributed by atoms with E-state index < -0.39 is 5.41 Å². The Labute approximate surface area is 361 Å². The Kier molecular flexibility index (Phi) is 8.39. The van der Waals surface area contributed by atoms with E-state index >= 15 is 0 Å². The van der Waals surface area contributed by atoms with Crippen LogP contribution in [-0.2, 0) is 5.41 Å². The number of para-hydroxylation sites is 2. The molecule has 3 heteroatoms. The van der Waals surface area contributed by atoms with Crippen molar-refractivity contribution in [2.75, 3.05) is 0 Å². The summed E-state index contributed by atoms with van der Waals surface area (Å²) in [6, 6.07) is 81.9. The summed E-state index contributed by atoms with van der Waals surface area (Å²) in [5, 5.41) is 0. The summed E-state index contributed by atoms with van der Waals surface area (Å²) in [6.45, 7) is 0. The Morgan fingerprint density at radius 2 is 0.710 bits per heavy atom. The fraction of sp³-hybridized carbons (Fsp3) is 0.0169. The minimum atomic E-state index is -0.517. The quantitative estimate of drug-likeness (QED) is 0.168. The van der Waals surface area contributed by atoms with Crippen molar-refractivity contribution in [3.05, 3.63) is 253 Å². The van der Waals surface area contributed by atoms with Gasteiger partial charge in [-0.05, 0) is 80.4 Å². The molecule has 0 amide bonds. The third kappa shape index (κ3) is 5.74. The summed E-state index contributed by atoms with van der Waals surface area (Å²) in [5.41, 5.74) is 18.4. The first-order chi connectivity index (χ1) is 30.7. The third-order valence-corrected chi connectivity index (χ3v) is 12.6. The molecule has 1 aromatic heterocycles. The van der Waals surface area contributed by atoms with Crippen molar-refractivity contribution in [1.82, 2.24) is 9.97 Å². The van der Waals surface area contributed by atoms with E-state index in [2.05, 4.69) is 206 Å². The molecule has 0 N–H and O–H groups in total. The molecule has 12 rings (SSSR count). The second-order valence-electron chi connectivity index (χ2n) is 16.1. The van der Waals surface area contributed by atoms with Gasteiger partial charge in [0.05, 0.1) is 16.8 Å². The normalized spacial score (nSPS) is 12.8. The van der Waals surface area contributed by atoms with Crippen LogP contribution in [0.5, 0.6) is 11.5 Å². The molecular weight excluding hydrogens is 753 g/mol. The first kappa shape index (κ1) is 35.8. The Hall–Kier alpha value is -8.14. The second kappa shape index (κ2) is 14.5. The van der Waals surface area contributed by atoms with E-state index in [1.165, 1.54) is 33.4 Å². The van der Waals surface area contributed by atoms with E-state index in [-0.39, 0.29) is 0 Å². The van der Waals surface area contributed by atoms with Crippen LogP contribution in [0.25, 0.3) is 78.4 Å². The number of fused-ring (bicyclic) bond motifs is 9. The van der Waals surface area contributed by atoms with Gasteiger partial charge in [-0.25, -0.2) is 9.97 Å². The summed E-state index contributed by atoms with van der Waals surface area (Å²) in [5.74, 6) is 2.46. The Morgan fingerprint density at radius 3 is 1.34 bits per heavy atom. The molecule has 10 aromatic rings. The maximum Gasteiger partial charge on any atom is 0.160 e. The van der Waals surface area contributed by atoms with Crippen molar-refractivity contribution in [1.29, 1.82) is 0 Å². The first-order valence-corrected chi connectivity index (χ1v) is 21.1. The Bertz CT molecular complexity index is 3290. The molecule has 0 bridgehead atoms. The van der Waals surface area contributed by atoms with E-state index in [0.717, 1.165) is 73.0 Å². The highest BCUT2D eigenvalue weighted by atomic mass is 16.5. The van der Waals surface area contributed by atoms with Gasteiger partial charge in [0.1, 0.15) is 11.5 Å². The van der Waals surface area contributed by atoms with Gasteiger partial charge < -0.3 is 4.74 Å². The maximum absolute atomic E-state index is 7.02. The molecule has 0 fully saturated rings. The molecule has 1 aliphatic carbocycles. The Morgan fingerprint density at radius 1 is 0.290 bits per heavy atom. The first-order valence-electron chi connectivity index (χ1n) is 21.1. The van der Waals surface area contributed by atoms with Crippen LogP contribution in [0.4, 0.5) is 0 Å². The van der Waals surface area contributed by atoms with Gasteiger partial charge in [0.15, 0.2) is 5.82 Å². The van der Waals surface area contributed by atoms with Gasteiger partial charge in [-0.15, -0.1) is 0 Å². The average Bonchev–Trinajstić information content (AvgIpc) is 3.65. The number of hydrogen-bond donors (Lipinski definition) is 0. The Balaban J connectivity index is 0.970. The molecule has 2 heterocycles. The molecule has 1 spiro atoms. The summed E-state index contributed by atoms with van der Waals surface area (Å²) >= 11 is 0. The van der Waals surface area contributed by atoms with Crippen molar-refractivity contribution in [3.63, 3.8) is 0 Å². The topological polar surface area (TPSA) is 35.0 Å². The van der Waals surface area contributed by atoms with E-state index in [4.69, 9.17) is 14.7 Å². The lowest BCUT2D eigenvalue weighted by Gasteiger charge is -2.40. The number of ether oxygens (including phenoxy) is 1. The van der Waals surface area contributed by atoms with E-state index in [9.17, 15) is 0 Å². The van der Waals surface area contributed by atoms with Crippen LogP contribution in [0.3, 0.4) is 0 Å². The number of hydrogen-bond acceptors (Lipinski definition) is 3.